The van der Waals surface area contributed by atoms with Crippen LogP contribution in [-0.2, 0) is 4.79 Å². The van der Waals surface area contributed by atoms with E-state index in [1.54, 1.807) is 7.11 Å². The summed E-state index contributed by atoms with van der Waals surface area (Å²) in [5.41, 5.74) is 2.33. The van der Waals surface area contributed by atoms with Gasteiger partial charge in [-0.15, -0.1) is 0 Å². The van der Waals surface area contributed by atoms with Crippen molar-refractivity contribution in [3.05, 3.63) is 83.4 Å². The lowest BCUT2D eigenvalue weighted by atomic mass is 9.88. The Morgan fingerprint density at radius 2 is 1.91 bits per heavy atom. The lowest BCUT2D eigenvalue weighted by molar-refractivity contribution is -0.115. The number of hydrogen-bond donors (Lipinski definition) is 2. The number of carbonyl (C=O) groups excluding carboxylic acids is 1. The SMILES string of the molecule is COc1ccc([C@@H]2Nc3ncnn3[C@H](c3ccccc3)[C@H]2N=CC2=C(O)CCCC2=O)cc1. The van der Waals surface area contributed by atoms with Crippen molar-refractivity contribution in [3.63, 3.8) is 0 Å². The van der Waals surface area contributed by atoms with Crippen LogP contribution in [0.4, 0.5) is 5.95 Å². The smallest absolute Gasteiger partial charge is 0.222 e. The molecule has 2 N–H and O–H groups in total. The van der Waals surface area contributed by atoms with E-state index >= 15 is 0 Å². The first kappa shape index (κ1) is 20.9. The Kier molecular flexibility index (Phi) is 5.64. The second-order valence-electron chi connectivity index (χ2n) is 8.18. The van der Waals surface area contributed by atoms with Crippen LogP contribution in [0.25, 0.3) is 0 Å². The summed E-state index contributed by atoms with van der Waals surface area (Å²) in [6, 6.07) is 17.0. The third-order valence-electron chi connectivity index (χ3n) is 6.21. The number of allylic oxidation sites excluding steroid dienone is 2. The van der Waals surface area contributed by atoms with Crippen molar-refractivity contribution in [2.24, 2.45) is 4.99 Å². The Balaban J connectivity index is 1.62. The fourth-order valence-electron chi connectivity index (χ4n) is 4.51. The van der Waals surface area contributed by atoms with E-state index in [-0.39, 0.29) is 29.7 Å². The van der Waals surface area contributed by atoms with Crippen LogP contribution in [-0.4, -0.2) is 45.0 Å². The maximum atomic E-state index is 12.4. The molecule has 8 nitrogen and oxygen atoms in total. The monoisotopic (exact) mass is 443 g/mol. The average Bonchev–Trinajstić information content (AvgIpc) is 3.32. The normalized spacial score (nSPS) is 22.8. The highest BCUT2D eigenvalue weighted by molar-refractivity contribution is 6.14. The number of nitrogens with one attached hydrogen (secondary N) is 1. The molecule has 1 aliphatic heterocycles. The molecule has 0 radical (unpaired) electrons. The zero-order chi connectivity index (χ0) is 22.8. The lowest BCUT2D eigenvalue weighted by Gasteiger charge is -2.37. The number of methoxy groups -OCH3 is 1. The molecule has 0 spiro atoms. The van der Waals surface area contributed by atoms with Gasteiger partial charge in [0, 0.05) is 19.1 Å². The maximum absolute atomic E-state index is 12.4. The molecule has 3 aromatic rings. The predicted octanol–water partition coefficient (Wildman–Crippen LogP) is 4.05. The van der Waals surface area contributed by atoms with E-state index in [9.17, 15) is 9.90 Å². The third kappa shape index (κ3) is 4.00. The molecule has 1 aliphatic carbocycles. The fraction of sp³-hybridized carbons (Fsp3) is 0.280. The number of nitrogens with zero attached hydrogens (tertiary/aromatic N) is 4. The molecule has 0 saturated carbocycles. The van der Waals surface area contributed by atoms with Gasteiger partial charge in [0.2, 0.25) is 5.95 Å². The number of ether oxygens (including phenoxy) is 1. The molecule has 168 valence electrons. The molecular weight excluding hydrogens is 418 g/mol. The van der Waals surface area contributed by atoms with E-state index in [1.165, 1.54) is 12.5 Å². The number of Topliss-reactive ketones (excluding diaryl/α,β-unsaturated/α-hetero) is 1. The standard InChI is InChI=1S/C25H25N5O3/c1-33-18-12-10-16(11-13-18)22-23(26-14-19-20(31)8-5-9-21(19)32)24(17-6-3-2-4-7-17)30-25(29-22)27-15-28-30/h2-4,6-7,10-15,22-24,31H,5,8-9H2,1H3,(H,27,28,29)/t22-,23-,24+/m0/s1. The van der Waals surface area contributed by atoms with E-state index < -0.39 is 0 Å². The summed E-state index contributed by atoms with van der Waals surface area (Å²) < 4.78 is 7.15. The van der Waals surface area contributed by atoms with E-state index in [4.69, 9.17) is 9.73 Å². The van der Waals surface area contributed by atoms with Gasteiger partial charge in [0.1, 0.15) is 29.9 Å². The number of benzene rings is 2. The Hall–Kier alpha value is -3.94. The number of carbonyl (C=O) groups is 1. The summed E-state index contributed by atoms with van der Waals surface area (Å²) in [6.07, 6.45) is 4.64. The summed E-state index contributed by atoms with van der Waals surface area (Å²) in [5, 5.41) is 18.3. The van der Waals surface area contributed by atoms with E-state index in [0.29, 0.717) is 30.8 Å². The Bertz CT molecular complexity index is 1200. The number of fused-ring (bicyclic) bond motifs is 1. The molecule has 33 heavy (non-hydrogen) atoms. The van der Waals surface area contributed by atoms with Gasteiger partial charge in [0.15, 0.2) is 5.78 Å². The molecule has 0 bridgehead atoms. The Labute approximate surface area is 191 Å². The first-order valence-electron chi connectivity index (χ1n) is 11.0. The number of aliphatic hydroxyl groups excluding tert-OH is 1. The van der Waals surface area contributed by atoms with Gasteiger partial charge in [-0.1, -0.05) is 42.5 Å². The van der Waals surface area contributed by atoms with Gasteiger partial charge >= 0.3 is 0 Å². The number of ketones is 1. The largest absolute Gasteiger partial charge is 0.512 e. The summed E-state index contributed by atoms with van der Waals surface area (Å²) in [5.74, 6) is 1.44. The van der Waals surface area contributed by atoms with Crippen LogP contribution in [0, 0.1) is 0 Å². The molecule has 0 amide bonds. The van der Waals surface area contributed by atoms with Gasteiger partial charge in [-0.05, 0) is 29.7 Å². The molecular formula is C25H25N5O3. The van der Waals surface area contributed by atoms with Gasteiger partial charge in [0.05, 0.1) is 18.7 Å². The molecule has 8 heteroatoms. The third-order valence-corrected chi connectivity index (χ3v) is 6.21. The molecule has 5 rings (SSSR count). The van der Waals surface area contributed by atoms with Crippen molar-refractivity contribution in [2.45, 2.75) is 37.4 Å². The molecule has 0 saturated heterocycles. The maximum Gasteiger partial charge on any atom is 0.222 e. The summed E-state index contributed by atoms with van der Waals surface area (Å²) in [6.45, 7) is 0. The molecule has 3 atom stereocenters. The highest BCUT2D eigenvalue weighted by Crippen LogP contribution is 2.40. The van der Waals surface area contributed by atoms with Crippen LogP contribution in [0.2, 0.25) is 0 Å². The summed E-state index contributed by atoms with van der Waals surface area (Å²) >= 11 is 0. The zero-order valence-electron chi connectivity index (χ0n) is 18.3. The number of hydrogen-bond acceptors (Lipinski definition) is 7. The minimum absolute atomic E-state index is 0.0787. The first-order chi connectivity index (χ1) is 16.2. The predicted molar refractivity (Wildman–Crippen MR) is 125 cm³/mol. The van der Waals surface area contributed by atoms with Gasteiger partial charge in [-0.2, -0.15) is 10.1 Å². The van der Waals surface area contributed by atoms with Crippen molar-refractivity contribution in [2.75, 3.05) is 12.4 Å². The number of anilines is 1. The molecule has 2 aromatic carbocycles. The summed E-state index contributed by atoms with van der Waals surface area (Å²) in [4.78, 5) is 21.8. The quantitative estimate of drug-likeness (QED) is 0.577. The van der Waals surface area contributed by atoms with Crippen molar-refractivity contribution in [1.82, 2.24) is 14.8 Å². The Morgan fingerprint density at radius 1 is 1.12 bits per heavy atom. The number of rotatable bonds is 5. The van der Waals surface area contributed by atoms with Crippen molar-refractivity contribution >= 4 is 17.9 Å². The van der Waals surface area contributed by atoms with Crippen molar-refractivity contribution < 1.29 is 14.6 Å². The number of aliphatic imine (C=N–C) groups is 1. The van der Waals surface area contributed by atoms with Crippen LogP contribution in [0.1, 0.15) is 42.5 Å². The van der Waals surface area contributed by atoms with Gasteiger partial charge in [-0.3, -0.25) is 9.79 Å². The second-order valence-corrected chi connectivity index (χ2v) is 8.18. The van der Waals surface area contributed by atoms with Crippen LogP contribution >= 0.6 is 0 Å². The minimum Gasteiger partial charge on any atom is -0.512 e. The average molecular weight is 444 g/mol. The molecule has 2 heterocycles. The highest BCUT2D eigenvalue weighted by Gasteiger charge is 2.39. The molecule has 1 aromatic heterocycles. The van der Waals surface area contributed by atoms with Crippen LogP contribution in [0.15, 0.2) is 77.2 Å². The highest BCUT2D eigenvalue weighted by atomic mass is 16.5. The molecule has 0 unspecified atom stereocenters. The van der Waals surface area contributed by atoms with Crippen molar-refractivity contribution in [1.29, 1.82) is 0 Å². The summed E-state index contributed by atoms with van der Waals surface area (Å²) in [7, 11) is 1.64. The second kappa shape index (κ2) is 8.90. The zero-order valence-corrected chi connectivity index (χ0v) is 18.3. The minimum atomic E-state index is -0.356. The van der Waals surface area contributed by atoms with Crippen LogP contribution < -0.4 is 10.1 Å². The molecule has 2 aliphatic rings. The van der Waals surface area contributed by atoms with Crippen LogP contribution in [0.5, 0.6) is 5.75 Å². The number of aromatic nitrogens is 3. The van der Waals surface area contributed by atoms with Gasteiger partial charge < -0.3 is 15.2 Å². The lowest BCUT2D eigenvalue weighted by Crippen LogP contribution is -2.40. The topological polar surface area (TPSA) is 102 Å². The fourth-order valence-corrected chi connectivity index (χ4v) is 4.51. The Morgan fingerprint density at radius 3 is 2.64 bits per heavy atom. The van der Waals surface area contributed by atoms with Gasteiger partial charge in [0.25, 0.3) is 0 Å². The number of aliphatic hydroxyl groups is 1. The first-order valence-corrected chi connectivity index (χ1v) is 11.0. The van der Waals surface area contributed by atoms with Crippen molar-refractivity contribution in [3.8, 4) is 5.75 Å². The van der Waals surface area contributed by atoms with Crippen LogP contribution in [0.3, 0.4) is 0 Å². The van der Waals surface area contributed by atoms with E-state index in [2.05, 4.69) is 15.4 Å². The van der Waals surface area contributed by atoms with E-state index in [1.807, 2.05) is 59.3 Å². The van der Waals surface area contributed by atoms with E-state index in [0.717, 1.165) is 16.9 Å². The molecule has 0 fully saturated rings. The van der Waals surface area contributed by atoms with Gasteiger partial charge in [-0.25, -0.2) is 4.68 Å².